The van der Waals surface area contributed by atoms with Crippen LogP contribution in [0.1, 0.15) is 38.8 Å². The van der Waals surface area contributed by atoms with Crippen LogP contribution in [0, 0.1) is 0 Å². The summed E-state index contributed by atoms with van der Waals surface area (Å²) in [5.41, 5.74) is 0.993. The molecule has 0 spiro atoms. The van der Waals surface area contributed by atoms with Gasteiger partial charge in [-0.15, -0.1) is 0 Å². The standard InChI is InChI=1S/C23H25N3O5/c1-22(2,3)14-5-8-16(9-6-14)24-19(27)12-26-20(28)23(4,25-21(26)29)15-7-10-17-18(11-15)31-13-30-17/h5-11H,12-13H2,1-4H3,(H,24,27)(H,25,29)/t23-/m1/s1. The molecule has 0 saturated carbocycles. The lowest BCUT2D eigenvalue weighted by Crippen LogP contribution is -2.42. The van der Waals surface area contributed by atoms with Crippen molar-refractivity contribution in [2.24, 2.45) is 0 Å². The smallest absolute Gasteiger partial charge is 0.325 e. The number of nitrogens with one attached hydrogen (secondary N) is 2. The first-order chi connectivity index (χ1) is 14.6. The quantitative estimate of drug-likeness (QED) is 0.737. The first kappa shape index (κ1) is 20.7. The van der Waals surface area contributed by atoms with Crippen LogP contribution in [0.25, 0.3) is 0 Å². The third-order valence-corrected chi connectivity index (χ3v) is 5.56. The van der Waals surface area contributed by atoms with Crippen molar-refractivity contribution in [3.63, 3.8) is 0 Å². The van der Waals surface area contributed by atoms with Gasteiger partial charge in [0, 0.05) is 5.69 Å². The van der Waals surface area contributed by atoms with Gasteiger partial charge in [0.15, 0.2) is 11.5 Å². The van der Waals surface area contributed by atoms with Crippen molar-refractivity contribution < 1.29 is 23.9 Å². The molecule has 0 unspecified atom stereocenters. The molecule has 0 aromatic heterocycles. The maximum Gasteiger partial charge on any atom is 0.325 e. The van der Waals surface area contributed by atoms with E-state index in [1.54, 1.807) is 37.3 Å². The van der Waals surface area contributed by atoms with E-state index in [0.29, 0.717) is 22.7 Å². The second-order valence-corrected chi connectivity index (χ2v) is 8.89. The molecule has 2 heterocycles. The van der Waals surface area contributed by atoms with Gasteiger partial charge < -0.3 is 20.1 Å². The second kappa shape index (κ2) is 7.30. The van der Waals surface area contributed by atoms with Crippen molar-refractivity contribution in [1.29, 1.82) is 0 Å². The molecule has 0 radical (unpaired) electrons. The molecule has 2 aliphatic rings. The Kier molecular flexibility index (Phi) is 4.88. The Morgan fingerprint density at radius 3 is 2.45 bits per heavy atom. The Bertz CT molecular complexity index is 1060. The molecule has 0 bridgehead atoms. The van der Waals surface area contributed by atoms with Gasteiger partial charge in [-0.25, -0.2) is 4.79 Å². The lowest BCUT2D eigenvalue weighted by molar-refractivity contribution is -0.133. The van der Waals surface area contributed by atoms with Crippen LogP contribution in [0.2, 0.25) is 0 Å². The number of nitrogens with zero attached hydrogens (tertiary/aromatic N) is 1. The number of benzene rings is 2. The van der Waals surface area contributed by atoms with E-state index in [4.69, 9.17) is 9.47 Å². The van der Waals surface area contributed by atoms with Crippen LogP contribution in [0.4, 0.5) is 10.5 Å². The number of hydrogen-bond donors (Lipinski definition) is 2. The summed E-state index contributed by atoms with van der Waals surface area (Å²) in [6.07, 6.45) is 0. The summed E-state index contributed by atoms with van der Waals surface area (Å²) in [5.74, 6) is 0.130. The Labute approximate surface area is 180 Å². The number of ether oxygens (including phenoxy) is 2. The third-order valence-electron chi connectivity index (χ3n) is 5.56. The SMILES string of the molecule is CC(C)(C)c1ccc(NC(=O)CN2C(=O)N[C@](C)(c3ccc4c(c3)OCO4)C2=O)cc1. The summed E-state index contributed by atoms with van der Waals surface area (Å²) in [4.78, 5) is 39.0. The normalized spacial score (nSPS) is 20.1. The lowest BCUT2D eigenvalue weighted by Gasteiger charge is -2.22. The fraction of sp³-hybridized carbons (Fsp3) is 0.348. The van der Waals surface area contributed by atoms with E-state index < -0.39 is 23.4 Å². The highest BCUT2D eigenvalue weighted by Gasteiger charge is 2.49. The number of anilines is 1. The molecule has 2 aromatic rings. The molecular weight excluding hydrogens is 398 g/mol. The Balaban J connectivity index is 1.46. The van der Waals surface area contributed by atoms with Crippen molar-refractivity contribution >= 4 is 23.5 Å². The molecule has 162 valence electrons. The van der Waals surface area contributed by atoms with Gasteiger partial charge >= 0.3 is 6.03 Å². The van der Waals surface area contributed by atoms with Crippen LogP contribution >= 0.6 is 0 Å². The van der Waals surface area contributed by atoms with E-state index in [-0.39, 0.29) is 18.8 Å². The molecule has 1 fully saturated rings. The van der Waals surface area contributed by atoms with Gasteiger partial charge in [-0.3, -0.25) is 14.5 Å². The predicted molar refractivity (Wildman–Crippen MR) is 114 cm³/mol. The first-order valence-electron chi connectivity index (χ1n) is 10.0. The van der Waals surface area contributed by atoms with Crippen molar-refractivity contribution in [2.45, 2.75) is 38.6 Å². The molecule has 2 aliphatic heterocycles. The van der Waals surface area contributed by atoms with E-state index in [9.17, 15) is 14.4 Å². The lowest BCUT2D eigenvalue weighted by atomic mass is 9.87. The fourth-order valence-corrected chi connectivity index (χ4v) is 3.64. The van der Waals surface area contributed by atoms with Gasteiger partial charge in [-0.1, -0.05) is 39.0 Å². The topological polar surface area (TPSA) is 97.0 Å². The molecule has 1 atom stereocenters. The number of urea groups is 1. The average molecular weight is 423 g/mol. The van der Waals surface area contributed by atoms with Gasteiger partial charge in [0.2, 0.25) is 12.7 Å². The number of imide groups is 1. The molecule has 2 N–H and O–H groups in total. The first-order valence-corrected chi connectivity index (χ1v) is 10.0. The van der Waals surface area contributed by atoms with Crippen LogP contribution in [-0.4, -0.2) is 36.1 Å². The zero-order valence-electron chi connectivity index (χ0n) is 17.9. The molecule has 31 heavy (non-hydrogen) atoms. The Hall–Kier alpha value is -3.55. The molecular formula is C23H25N3O5. The van der Waals surface area contributed by atoms with Gasteiger partial charge in [0.05, 0.1) is 0 Å². The summed E-state index contributed by atoms with van der Waals surface area (Å²) in [6, 6.07) is 11.9. The van der Waals surface area contributed by atoms with E-state index in [1.807, 2.05) is 12.1 Å². The molecule has 1 saturated heterocycles. The molecule has 4 amide bonds. The van der Waals surface area contributed by atoms with E-state index in [1.165, 1.54) is 0 Å². The predicted octanol–water partition coefficient (Wildman–Crippen LogP) is 3.12. The average Bonchev–Trinajstić information content (AvgIpc) is 3.26. The van der Waals surface area contributed by atoms with Gasteiger partial charge in [0.25, 0.3) is 5.91 Å². The summed E-state index contributed by atoms with van der Waals surface area (Å²) in [7, 11) is 0. The number of carbonyl (C=O) groups excluding carboxylic acids is 3. The zero-order valence-corrected chi connectivity index (χ0v) is 17.9. The number of hydrogen-bond acceptors (Lipinski definition) is 5. The molecule has 8 heteroatoms. The van der Waals surface area contributed by atoms with Crippen LogP contribution in [0.5, 0.6) is 11.5 Å². The monoisotopic (exact) mass is 423 g/mol. The number of fused-ring (bicyclic) bond motifs is 1. The second-order valence-electron chi connectivity index (χ2n) is 8.89. The zero-order chi connectivity index (χ0) is 22.4. The minimum atomic E-state index is -1.30. The molecule has 0 aliphatic carbocycles. The van der Waals surface area contributed by atoms with Crippen LogP contribution < -0.4 is 20.1 Å². The van der Waals surface area contributed by atoms with Crippen LogP contribution in [0.15, 0.2) is 42.5 Å². The fourth-order valence-electron chi connectivity index (χ4n) is 3.64. The van der Waals surface area contributed by atoms with Gasteiger partial charge in [-0.2, -0.15) is 0 Å². The van der Waals surface area contributed by atoms with Crippen LogP contribution in [0.3, 0.4) is 0 Å². The molecule has 2 aromatic carbocycles. The summed E-state index contributed by atoms with van der Waals surface area (Å²) in [5, 5.41) is 5.43. The van der Waals surface area contributed by atoms with Gasteiger partial charge in [-0.05, 0) is 47.7 Å². The van der Waals surface area contributed by atoms with Crippen molar-refractivity contribution in [1.82, 2.24) is 10.2 Å². The summed E-state index contributed by atoms with van der Waals surface area (Å²) < 4.78 is 10.7. The number of carbonyl (C=O) groups is 3. The highest BCUT2D eigenvalue weighted by molar-refractivity contribution is 6.10. The minimum absolute atomic E-state index is 0.00176. The van der Waals surface area contributed by atoms with E-state index >= 15 is 0 Å². The molecule has 4 rings (SSSR count). The highest BCUT2D eigenvalue weighted by Crippen LogP contribution is 2.37. The Morgan fingerprint density at radius 2 is 1.77 bits per heavy atom. The number of rotatable bonds is 4. The van der Waals surface area contributed by atoms with Crippen molar-refractivity contribution in [3.8, 4) is 11.5 Å². The summed E-state index contributed by atoms with van der Waals surface area (Å²) in [6.45, 7) is 7.65. The number of amides is 4. The van der Waals surface area contributed by atoms with Crippen molar-refractivity contribution in [2.75, 3.05) is 18.7 Å². The largest absolute Gasteiger partial charge is 0.454 e. The summed E-state index contributed by atoms with van der Waals surface area (Å²) >= 11 is 0. The molecule has 8 nitrogen and oxygen atoms in total. The highest BCUT2D eigenvalue weighted by atomic mass is 16.7. The van der Waals surface area contributed by atoms with E-state index in [0.717, 1.165) is 10.5 Å². The maximum absolute atomic E-state index is 13.1. The third kappa shape index (κ3) is 3.81. The Morgan fingerprint density at radius 1 is 1.10 bits per heavy atom. The maximum atomic E-state index is 13.1. The van der Waals surface area contributed by atoms with Crippen LogP contribution in [-0.2, 0) is 20.5 Å². The minimum Gasteiger partial charge on any atom is -0.454 e. The van der Waals surface area contributed by atoms with Gasteiger partial charge in [0.1, 0.15) is 12.1 Å². The van der Waals surface area contributed by atoms with Crippen molar-refractivity contribution in [3.05, 3.63) is 53.6 Å². The van der Waals surface area contributed by atoms with E-state index in [2.05, 4.69) is 31.4 Å².